The standard InChI is InChI=1S/C11H13NO5S/c13-12(14)9-4-6-10(7-5-9)18(15,16)11-3-1-2-8-17-11/h4-7,11H,1-3,8H2. The van der Waals surface area contributed by atoms with Gasteiger partial charge in [0, 0.05) is 18.7 Å². The molecule has 0 radical (unpaired) electrons. The molecule has 18 heavy (non-hydrogen) atoms. The van der Waals surface area contributed by atoms with E-state index in [-0.39, 0.29) is 10.6 Å². The second-order valence-corrected chi connectivity index (χ2v) is 6.18. The molecule has 1 aliphatic heterocycles. The van der Waals surface area contributed by atoms with Gasteiger partial charge >= 0.3 is 0 Å². The average Bonchev–Trinajstić information content (AvgIpc) is 2.40. The van der Waals surface area contributed by atoms with E-state index in [4.69, 9.17) is 4.74 Å². The number of non-ortho nitro benzene ring substituents is 1. The van der Waals surface area contributed by atoms with Gasteiger partial charge in [-0.2, -0.15) is 0 Å². The van der Waals surface area contributed by atoms with Crippen molar-refractivity contribution in [1.29, 1.82) is 0 Å². The fourth-order valence-corrected chi connectivity index (χ4v) is 3.44. The van der Waals surface area contributed by atoms with Crippen LogP contribution in [0.2, 0.25) is 0 Å². The Hall–Kier alpha value is -1.47. The van der Waals surface area contributed by atoms with Crippen LogP contribution < -0.4 is 0 Å². The van der Waals surface area contributed by atoms with Crippen molar-refractivity contribution in [2.24, 2.45) is 0 Å². The second-order valence-electron chi connectivity index (χ2n) is 4.09. The molecule has 1 unspecified atom stereocenters. The molecule has 0 N–H and O–H groups in total. The molecule has 0 aliphatic carbocycles. The molecule has 0 amide bonds. The van der Waals surface area contributed by atoms with Crippen LogP contribution in [-0.2, 0) is 14.6 Å². The van der Waals surface area contributed by atoms with Gasteiger partial charge in [-0.05, 0) is 31.4 Å². The van der Waals surface area contributed by atoms with Gasteiger partial charge in [0.05, 0.1) is 9.82 Å². The fourth-order valence-electron chi connectivity index (χ4n) is 1.87. The molecule has 1 fully saturated rings. The van der Waals surface area contributed by atoms with E-state index < -0.39 is 20.2 Å². The number of benzene rings is 1. The summed E-state index contributed by atoms with van der Waals surface area (Å²) in [7, 11) is -3.55. The number of nitrogens with zero attached hydrogens (tertiary/aromatic N) is 1. The zero-order valence-electron chi connectivity index (χ0n) is 9.61. The van der Waals surface area contributed by atoms with E-state index in [1.54, 1.807) is 0 Å². The minimum atomic E-state index is -3.55. The minimum Gasteiger partial charge on any atom is -0.362 e. The van der Waals surface area contributed by atoms with Crippen molar-refractivity contribution in [3.8, 4) is 0 Å². The maximum atomic E-state index is 12.2. The van der Waals surface area contributed by atoms with Gasteiger partial charge < -0.3 is 4.74 Å². The lowest BCUT2D eigenvalue weighted by atomic mass is 10.2. The quantitative estimate of drug-likeness (QED) is 0.619. The predicted molar refractivity (Wildman–Crippen MR) is 63.9 cm³/mol. The van der Waals surface area contributed by atoms with Crippen molar-refractivity contribution < 1.29 is 18.1 Å². The van der Waals surface area contributed by atoms with Crippen LogP contribution in [0, 0.1) is 10.1 Å². The molecule has 1 heterocycles. The maximum absolute atomic E-state index is 12.2. The normalized spacial score (nSPS) is 20.6. The summed E-state index contributed by atoms with van der Waals surface area (Å²) < 4.78 is 29.6. The molecule has 0 aromatic heterocycles. The summed E-state index contributed by atoms with van der Waals surface area (Å²) in [5, 5.41) is 10.5. The van der Waals surface area contributed by atoms with Gasteiger partial charge in [-0.1, -0.05) is 0 Å². The molecule has 2 rings (SSSR count). The zero-order valence-corrected chi connectivity index (χ0v) is 10.4. The van der Waals surface area contributed by atoms with E-state index in [2.05, 4.69) is 0 Å². The highest BCUT2D eigenvalue weighted by atomic mass is 32.2. The molecule has 1 aromatic carbocycles. The summed E-state index contributed by atoms with van der Waals surface area (Å²) >= 11 is 0. The Morgan fingerprint density at radius 1 is 1.22 bits per heavy atom. The number of hydrogen-bond acceptors (Lipinski definition) is 5. The van der Waals surface area contributed by atoms with E-state index >= 15 is 0 Å². The number of sulfone groups is 1. The first-order chi connectivity index (χ1) is 8.51. The van der Waals surface area contributed by atoms with Crippen LogP contribution in [0.15, 0.2) is 29.2 Å². The van der Waals surface area contributed by atoms with Crippen molar-refractivity contribution >= 4 is 15.5 Å². The molecule has 7 heteroatoms. The Morgan fingerprint density at radius 2 is 1.89 bits per heavy atom. The Kier molecular flexibility index (Phi) is 3.63. The van der Waals surface area contributed by atoms with E-state index in [9.17, 15) is 18.5 Å². The number of nitro groups is 1. The van der Waals surface area contributed by atoms with Crippen LogP contribution in [0.4, 0.5) is 5.69 Å². The lowest BCUT2D eigenvalue weighted by molar-refractivity contribution is -0.384. The Labute approximate surface area is 105 Å². The third-order valence-corrected chi connectivity index (χ3v) is 4.85. The SMILES string of the molecule is O=[N+]([O-])c1ccc(S(=O)(=O)C2CCCCO2)cc1. The molecular formula is C11H13NO5S. The van der Waals surface area contributed by atoms with Gasteiger partial charge in [-0.3, -0.25) is 10.1 Å². The van der Waals surface area contributed by atoms with E-state index in [0.717, 1.165) is 12.8 Å². The van der Waals surface area contributed by atoms with Crippen molar-refractivity contribution in [3.05, 3.63) is 34.4 Å². The molecule has 98 valence electrons. The van der Waals surface area contributed by atoms with E-state index in [1.165, 1.54) is 24.3 Å². The van der Waals surface area contributed by atoms with Gasteiger partial charge in [-0.25, -0.2) is 8.42 Å². The van der Waals surface area contributed by atoms with Crippen LogP contribution in [0.5, 0.6) is 0 Å². The summed E-state index contributed by atoms with van der Waals surface area (Å²) in [5.41, 5.74) is -0.953. The lowest BCUT2D eigenvalue weighted by Crippen LogP contribution is -2.28. The monoisotopic (exact) mass is 271 g/mol. The summed E-state index contributed by atoms with van der Waals surface area (Å²) in [6.07, 6.45) is 2.16. The highest BCUT2D eigenvalue weighted by Gasteiger charge is 2.30. The van der Waals surface area contributed by atoms with Gasteiger partial charge in [0.1, 0.15) is 0 Å². The number of ether oxygens (including phenoxy) is 1. The van der Waals surface area contributed by atoms with Gasteiger partial charge in [0.15, 0.2) is 5.44 Å². The van der Waals surface area contributed by atoms with E-state index in [1.807, 2.05) is 0 Å². The van der Waals surface area contributed by atoms with Crippen LogP contribution in [-0.4, -0.2) is 25.4 Å². The Balaban J connectivity index is 2.26. The molecule has 1 aromatic rings. The molecule has 1 saturated heterocycles. The summed E-state index contributed by atoms with van der Waals surface area (Å²) in [4.78, 5) is 10.0. The van der Waals surface area contributed by atoms with Crippen molar-refractivity contribution in [2.45, 2.75) is 29.6 Å². The molecule has 6 nitrogen and oxygen atoms in total. The molecular weight excluding hydrogens is 258 g/mol. The fraction of sp³-hybridized carbons (Fsp3) is 0.455. The first-order valence-corrected chi connectivity index (χ1v) is 7.16. The van der Waals surface area contributed by atoms with Crippen LogP contribution in [0.1, 0.15) is 19.3 Å². The third-order valence-electron chi connectivity index (χ3n) is 2.86. The molecule has 0 bridgehead atoms. The zero-order chi connectivity index (χ0) is 13.2. The topological polar surface area (TPSA) is 86.5 Å². The predicted octanol–water partition coefficient (Wildman–Crippen LogP) is 1.90. The summed E-state index contributed by atoms with van der Waals surface area (Å²) in [6.45, 7) is 0.441. The first kappa shape index (κ1) is 13.0. The average molecular weight is 271 g/mol. The van der Waals surface area contributed by atoms with Crippen LogP contribution in [0.25, 0.3) is 0 Å². The third kappa shape index (κ3) is 2.51. The Morgan fingerprint density at radius 3 is 2.39 bits per heavy atom. The number of rotatable bonds is 3. The largest absolute Gasteiger partial charge is 0.362 e. The highest BCUT2D eigenvalue weighted by Crippen LogP contribution is 2.25. The van der Waals surface area contributed by atoms with E-state index in [0.29, 0.717) is 13.0 Å². The number of nitro benzene ring substituents is 1. The van der Waals surface area contributed by atoms with Gasteiger partial charge in [-0.15, -0.1) is 0 Å². The highest BCUT2D eigenvalue weighted by molar-refractivity contribution is 7.91. The van der Waals surface area contributed by atoms with Crippen LogP contribution in [0.3, 0.4) is 0 Å². The molecule has 0 saturated carbocycles. The summed E-state index contributed by atoms with van der Waals surface area (Å²) in [5.74, 6) is 0. The minimum absolute atomic E-state index is 0.0694. The summed E-state index contributed by atoms with van der Waals surface area (Å²) in [6, 6.07) is 4.89. The van der Waals surface area contributed by atoms with Crippen molar-refractivity contribution in [1.82, 2.24) is 0 Å². The Bertz CT molecular complexity index is 531. The van der Waals surface area contributed by atoms with Crippen molar-refractivity contribution in [2.75, 3.05) is 6.61 Å². The molecule has 1 atom stereocenters. The maximum Gasteiger partial charge on any atom is 0.269 e. The second kappa shape index (κ2) is 5.03. The van der Waals surface area contributed by atoms with Gasteiger partial charge in [0.25, 0.3) is 5.69 Å². The molecule has 1 aliphatic rings. The first-order valence-electron chi connectivity index (χ1n) is 5.62. The lowest BCUT2D eigenvalue weighted by Gasteiger charge is -2.22. The number of hydrogen-bond donors (Lipinski definition) is 0. The molecule has 0 spiro atoms. The van der Waals surface area contributed by atoms with Crippen LogP contribution >= 0.6 is 0 Å². The smallest absolute Gasteiger partial charge is 0.269 e. The van der Waals surface area contributed by atoms with Crippen molar-refractivity contribution in [3.63, 3.8) is 0 Å². The van der Waals surface area contributed by atoms with Gasteiger partial charge in [0.2, 0.25) is 9.84 Å².